The Morgan fingerprint density at radius 1 is 1.15 bits per heavy atom. The van der Waals surface area contributed by atoms with Crippen LogP contribution in [-0.2, 0) is 14.3 Å². The molecular weight excluding hydrogens is 452 g/mol. The number of thioether (sulfide) groups is 1. The summed E-state index contributed by atoms with van der Waals surface area (Å²) in [5.74, 6) is -0.288. The van der Waals surface area contributed by atoms with Crippen LogP contribution in [0.15, 0.2) is 18.2 Å². The van der Waals surface area contributed by atoms with Gasteiger partial charge in [-0.3, -0.25) is 9.59 Å². The normalized spacial score (nSPS) is 12.9. The van der Waals surface area contributed by atoms with Gasteiger partial charge in [-0.05, 0) is 83.6 Å². The van der Waals surface area contributed by atoms with E-state index in [9.17, 15) is 19.6 Å². The van der Waals surface area contributed by atoms with Crippen LogP contribution in [0.4, 0.5) is 4.79 Å². The largest absolute Gasteiger partial charge is 0.444 e. The molecule has 0 fully saturated rings. The zero-order chi connectivity index (χ0) is 26.1. The molecule has 9 heteroatoms. The van der Waals surface area contributed by atoms with Gasteiger partial charge in [-0.15, -0.1) is 0 Å². The molecule has 2 atom stereocenters. The first-order chi connectivity index (χ1) is 15.8. The Labute approximate surface area is 207 Å². The Balaban J connectivity index is 3.50. The second-order valence-electron chi connectivity index (χ2n) is 9.48. The van der Waals surface area contributed by atoms with Gasteiger partial charge in [0.05, 0.1) is 6.07 Å². The van der Waals surface area contributed by atoms with E-state index >= 15 is 0 Å². The molecule has 0 aliphatic rings. The summed E-state index contributed by atoms with van der Waals surface area (Å²) >= 11 is 1.53. The lowest BCUT2D eigenvalue weighted by Crippen LogP contribution is -2.54. The Kier molecular flexibility index (Phi) is 11.4. The number of aryl methyl sites for hydroxylation is 2. The fourth-order valence-corrected chi connectivity index (χ4v) is 4.04. The van der Waals surface area contributed by atoms with Crippen LogP contribution in [0.5, 0.6) is 0 Å². The maximum atomic E-state index is 13.8. The molecule has 0 saturated carbocycles. The molecule has 8 nitrogen and oxygen atoms in total. The van der Waals surface area contributed by atoms with Crippen LogP contribution in [0.3, 0.4) is 0 Å². The van der Waals surface area contributed by atoms with E-state index in [1.54, 1.807) is 20.8 Å². The van der Waals surface area contributed by atoms with E-state index in [0.717, 1.165) is 11.1 Å². The zero-order valence-electron chi connectivity index (χ0n) is 21.5. The Bertz CT molecular complexity index is 885. The van der Waals surface area contributed by atoms with E-state index in [-0.39, 0.29) is 18.5 Å². The first-order valence-corrected chi connectivity index (χ1v) is 12.7. The summed E-state index contributed by atoms with van der Waals surface area (Å²) in [6, 6.07) is 5.52. The summed E-state index contributed by atoms with van der Waals surface area (Å²) in [5, 5.41) is 15.1. The number of carbonyl (C=O) groups excluding carboxylic acids is 3. The van der Waals surface area contributed by atoms with Crippen molar-refractivity contribution in [2.75, 3.05) is 18.6 Å². The number of rotatable bonds is 10. The third-order valence-corrected chi connectivity index (χ3v) is 5.57. The molecule has 2 unspecified atom stereocenters. The molecule has 0 aliphatic heterocycles. The molecule has 188 valence electrons. The molecular formula is C25H38N4O4S. The number of nitrogens with one attached hydrogen (secondary N) is 2. The maximum absolute atomic E-state index is 13.8. The fourth-order valence-electron chi connectivity index (χ4n) is 3.57. The molecule has 0 aliphatic carbocycles. The van der Waals surface area contributed by atoms with Crippen LogP contribution < -0.4 is 10.6 Å². The van der Waals surface area contributed by atoms with Crippen molar-refractivity contribution in [1.82, 2.24) is 15.5 Å². The minimum Gasteiger partial charge on any atom is -0.444 e. The maximum Gasteiger partial charge on any atom is 0.408 e. The van der Waals surface area contributed by atoms with Crippen molar-refractivity contribution in [3.63, 3.8) is 0 Å². The van der Waals surface area contributed by atoms with E-state index in [1.807, 2.05) is 58.2 Å². The minimum atomic E-state index is -1.02. The second-order valence-corrected chi connectivity index (χ2v) is 10.5. The number of amides is 3. The van der Waals surface area contributed by atoms with Gasteiger partial charge in [-0.25, -0.2) is 4.79 Å². The highest BCUT2D eigenvalue weighted by molar-refractivity contribution is 7.98. The van der Waals surface area contributed by atoms with Gasteiger partial charge in [0.15, 0.2) is 0 Å². The number of hydrogen-bond acceptors (Lipinski definition) is 6. The number of alkyl carbamates (subject to hydrolysis) is 1. The number of carbonyl (C=O) groups is 3. The molecule has 3 amide bonds. The minimum absolute atomic E-state index is 0.162. The van der Waals surface area contributed by atoms with Crippen LogP contribution >= 0.6 is 11.8 Å². The van der Waals surface area contributed by atoms with E-state index in [0.29, 0.717) is 17.7 Å². The summed E-state index contributed by atoms with van der Waals surface area (Å²) in [6.45, 7) is 12.3. The smallest absolute Gasteiger partial charge is 0.408 e. The molecule has 0 bridgehead atoms. The molecule has 0 radical (unpaired) electrons. The molecule has 1 aromatic rings. The van der Waals surface area contributed by atoms with Gasteiger partial charge in [0.2, 0.25) is 11.8 Å². The topological polar surface area (TPSA) is 112 Å². The molecule has 2 N–H and O–H groups in total. The van der Waals surface area contributed by atoms with Crippen LogP contribution in [-0.4, -0.2) is 59.0 Å². The molecule has 0 aromatic heterocycles. The molecule has 0 spiro atoms. The van der Waals surface area contributed by atoms with E-state index in [4.69, 9.17) is 4.74 Å². The first-order valence-electron chi connectivity index (χ1n) is 11.3. The third-order valence-electron chi connectivity index (χ3n) is 4.93. The second kappa shape index (κ2) is 13.2. The van der Waals surface area contributed by atoms with Crippen molar-refractivity contribution in [3.05, 3.63) is 34.9 Å². The lowest BCUT2D eigenvalue weighted by molar-refractivity contribution is -0.142. The number of nitriles is 1. The van der Waals surface area contributed by atoms with Crippen molar-refractivity contribution in [3.8, 4) is 6.07 Å². The van der Waals surface area contributed by atoms with Gasteiger partial charge in [0.25, 0.3) is 0 Å². The highest BCUT2D eigenvalue weighted by atomic mass is 32.2. The first kappa shape index (κ1) is 29.3. The molecule has 1 rings (SSSR count). The summed E-state index contributed by atoms with van der Waals surface area (Å²) < 4.78 is 5.35. The van der Waals surface area contributed by atoms with Crippen LogP contribution in [0.25, 0.3) is 0 Å². The van der Waals surface area contributed by atoms with E-state index in [1.165, 1.54) is 16.7 Å². The summed E-state index contributed by atoms with van der Waals surface area (Å²) in [5.41, 5.74) is 1.60. The van der Waals surface area contributed by atoms with Crippen molar-refractivity contribution in [2.24, 2.45) is 0 Å². The number of benzene rings is 1. The number of hydrogen-bond donors (Lipinski definition) is 2. The van der Waals surface area contributed by atoms with Crippen molar-refractivity contribution in [1.29, 1.82) is 5.26 Å². The fraction of sp³-hybridized carbons (Fsp3) is 0.600. The Morgan fingerprint density at radius 3 is 2.21 bits per heavy atom. The lowest BCUT2D eigenvalue weighted by atomic mass is 9.93. The zero-order valence-corrected chi connectivity index (χ0v) is 22.3. The summed E-state index contributed by atoms with van der Waals surface area (Å²) in [4.78, 5) is 40.9. The van der Waals surface area contributed by atoms with Crippen molar-refractivity contribution < 1.29 is 19.1 Å². The highest BCUT2D eigenvalue weighted by Gasteiger charge is 2.37. The van der Waals surface area contributed by atoms with Gasteiger partial charge in [-0.2, -0.15) is 17.0 Å². The SMILES string of the molecule is CSCCC(NC(=O)OC(C)(C)C)C(=O)N(CC#N)C(C(=O)NC(C)C)c1c(C)cccc1C. The third kappa shape index (κ3) is 8.90. The molecule has 0 saturated heterocycles. The van der Waals surface area contributed by atoms with Gasteiger partial charge in [-0.1, -0.05) is 18.2 Å². The summed E-state index contributed by atoms with van der Waals surface area (Å²) in [6.07, 6.45) is 1.50. The molecule has 34 heavy (non-hydrogen) atoms. The monoisotopic (exact) mass is 490 g/mol. The number of nitrogens with zero attached hydrogens (tertiary/aromatic N) is 2. The standard InChI is InChI=1S/C25H38N4O4S/c1-16(2)27-22(30)21(20-17(3)10-9-11-18(20)4)29(14-13-26)23(31)19(12-15-34-8)28-24(32)33-25(5,6)7/h9-11,16,19,21H,12,14-15H2,1-8H3,(H,27,30)(H,28,32). The molecule has 0 heterocycles. The van der Waals surface area contributed by atoms with E-state index in [2.05, 4.69) is 10.6 Å². The van der Waals surface area contributed by atoms with Gasteiger partial charge in [0, 0.05) is 6.04 Å². The van der Waals surface area contributed by atoms with Crippen LogP contribution in [0, 0.1) is 25.2 Å². The predicted octanol–water partition coefficient (Wildman–Crippen LogP) is 3.87. The van der Waals surface area contributed by atoms with Gasteiger partial charge in [0.1, 0.15) is 24.2 Å². The van der Waals surface area contributed by atoms with Crippen LogP contribution in [0.2, 0.25) is 0 Å². The average molecular weight is 491 g/mol. The average Bonchev–Trinajstić information content (AvgIpc) is 2.70. The predicted molar refractivity (Wildman–Crippen MR) is 135 cm³/mol. The molecule has 1 aromatic carbocycles. The van der Waals surface area contributed by atoms with Gasteiger partial charge < -0.3 is 20.3 Å². The van der Waals surface area contributed by atoms with Gasteiger partial charge >= 0.3 is 6.09 Å². The number of ether oxygens (including phenoxy) is 1. The lowest BCUT2D eigenvalue weighted by Gasteiger charge is -2.34. The highest BCUT2D eigenvalue weighted by Crippen LogP contribution is 2.29. The Morgan fingerprint density at radius 2 is 1.74 bits per heavy atom. The van der Waals surface area contributed by atoms with Crippen molar-refractivity contribution in [2.45, 2.75) is 78.6 Å². The van der Waals surface area contributed by atoms with E-state index < -0.39 is 29.7 Å². The Hall–Kier alpha value is -2.73. The summed E-state index contributed by atoms with van der Waals surface area (Å²) in [7, 11) is 0. The quantitative estimate of drug-likeness (QED) is 0.482. The van der Waals surface area contributed by atoms with Crippen molar-refractivity contribution >= 4 is 29.7 Å². The van der Waals surface area contributed by atoms with Crippen LogP contribution in [0.1, 0.15) is 63.8 Å².